The van der Waals surface area contributed by atoms with Gasteiger partial charge in [-0.15, -0.1) is 10.2 Å². The smallest absolute Gasteiger partial charge is 0.184 e. The summed E-state index contributed by atoms with van der Waals surface area (Å²) in [6, 6.07) is 10.0. The molecule has 0 radical (unpaired) electrons. The minimum Gasteiger partial charge on any atom is -0.355 e. The van der Waals surface area contributed by atoms with E-state index in [-0.39, 0.29) is 0 Å². The van der Waals surface area contributed by atoms with E-state index in [1.807, 2.05) is 35.0 Å². The summed E-state index contributed by atoms with van der Waals surface area (Å²) in [4.78, 5) is 7.22. The number of hydrogen-bond acceptors (Lipinski definition) is 6. The number of aromatic nitrogens is 4. The Bertz CT molecular complexity index is 1010. The highest BCUT2D eigenvalue weighted by Gasteiger charge is 2.25. The van der Waals surface area contributed by atoms with E-state index in [4.69, 9.17) is 16.7 Å². The number of piperazine rings is 1. The van der Waals surface area contributed by atoms with Gasteiger partial charge in [-0.3, -0.25) is 4.90 Å². The van der Waals surface area contributed by atoms with Gasteiger partial charge >= 0.3 is 0 Å². The van der Waals surface area contributed by atoms with Gasteiger partial charge in [0, 0.05) is 51.4 Å². The lowest BCUT2D eigenvalue weighted by Crippen LogP contribution is -2.45. The SMILES string of the molecule is CN1CCN(CCn2nc(N3CCCC3)c3c(Cl)c(-c4ccccc4)nnc32)CC1. The molecular weight excluding hydrogens is 398 g/mol. The van der Waals surface area contributed by atoms with Crippen molar-refractivity contribution in [3.05, 3.63) is 35.4 Å². The normalized spacial score (nSPS) is 18.5. The Morgan fingerprint density at radius 2 is 1.63 bits per heavy atom. The van der Waals surface area contributed by atoms with Crippen LogP contribution in [0.3, 0.4) is 0 Å². The van der Waals surface area contributed by atoms with Crippen LogP contribution in [0.2, 0.25) is 5.02 Å². The maximum absolute atomic E-state index is 6.94. The third-order valence-electron chi connectivity index (χ3n) is 6.26. The van der Waals surface area contributed by atoms with Gasteiger partial charge < -0.3 is 9.80 Å². The van der Waals surface area contributed by atoms with E-state index < -0.39 is 0 Å². The first-order valence-electron chi connectivity index (χ1n) is 10.8. The number of rotatable bonds is 5. The Balaban J connectivity index is 1.51. The molecule has 5 rings (SSSR count). The molecule has 0 spiro atoms. The summed E-state index contributed by atoms with van der Waals surface area (Å²) in [5, 5.41) is 15.7. The lowest BCUT2D eigenvalue weighted by Gasteiger charge is -2.32. The van der Waals surface area contributed by atoms with Crippen LogP contribution in [-0.2, 0) is 6.54 Å². The molecule has 0 saturated carbocycles. The van der Waals surface area contributed by atoms with Gasteiger partial charge in [-0.2, -0.15) is 5.10 Å². The van der Waals surface area contributed by atoms with Crippen molar-refractivity contribution in [2.45, 2.75) is 19.4 Å². The molecule has 0 bridgehead atoms. The van der Waals surface area contributed by atoms with E-state index in [1.54, 1.807) is 0 Å². The highest BCUT2D eigenvalue weighted by Crippen LogP contribution is 2.37. The van der Waals surface area contributed by atoms with Crippen LogP contribution in [0.4, 0.5) is 5.82 Å². The Kier molecular flexibility index (Phi) is 5.58. The number of fused-ring (bicyclic) bond motifs is 1. The standard InChI is InChI=1S/C22H28ClN7/c1-27-11-13-28(14-12-27)15-16-30-21-18(22(26-30)29-9-5-6-10-29)19(23)20(24-25-21)17-7-3-2-4-8-17/h2-4,7-8H,5-6,9-16H2,1H3. The lowest BCUT2D eigenvalue weighted by molar-refractivity contribution is 0.149. The van der Waals surface area contributed by atoms with Crippen LogP contribution in [0.5, 0.6) is 0 Å². The molecule has 0 atom stereocenters. The van der Waals surface area contributed by atoms with E-state index in [2.05, 4.69) is 31.9 Å². The molecule has 2 aliphatic rings. The molecule has 0 amide bonds. The maximum Gasteiger partial charge on any atom is 0.184 e. The van der Waals surface area contributed by atoms with Crippen molar-refractivity contribution in [2.75, 3.05) is 57.8 Å². The zero-order valence-corrected chi connectivity index (χ0v) is 18.2. The second-order valence-electron chi connectivity index (χ2n) is 8.31. The molecule has 30 heavy (non-hydrogen) atoms. The summed E-state index contributed by atoms with van der Waals surface area (Å²) in [6.45, 7) is 8.22. The predicted octanol–water partition coefficient (Wildman–Crippen LogP) is 2.99. The molecule has 0 aliphatic carbocycles. The monoisotopic (exact) mass is 425 g/mol. The van der Waals surface area contributed by atoms with Crippen LogP contribution in [0.1, 0.15) is 12.8 Å². The highest BCUT2D eigenvalue weighted by atomic mass is 35.5. The predicted molar refractivity (Wildman–Crippen MR) is 121 cm³/mol. The van der Waals surface area contributed by atoms with Crippen LogP contribution in [0.25, 0.3) is 22.3 Å². The van der Waals surface area contributed by atoms with E-state index in [0.717, 1.165) is 80.5 Å². The summed E-state index contributed by atoms with van der Waals surface area (Å²) >= 11 is 6.94. The van der Waals surface area contributed by atoms with Crippen molar-refractivity contribution in [1.82, 2.24) is 29.8 Å². The zero-order valence-electron chi connectivity index (χ0n) is 17.5. The molecule has 7 nitrogen and oxygen atoms in total. The molecule has 8 heteroatoms. The second-order valence-corrected chi connectivity index (χ2v) is 8.69. The van der Waals surface area contributed by atoms with Crippen LogP contribution in [0.15, 0.2) is 30.3 Å². The fourth-order valence-electron chi connectivity index (χ4n) is 4.39. The van der Waals surface area contributed by atoms with Gasteiger partial charge in [-0.1, -0.05) is 41.9 Å². The molecule has 2 aliphatic heterocycles. The van der Waals surface area contributed by atoms with Gasteiger partial charge in [0.2, 0.25) is 0 Å². The van der Waals surface area contributed by atoms with Crippen molar-refractivity contribution >= 4 is 28.5 Å². The summed E-state index contributed by atoms with van der Waals surface area (Å²) < 4.78 is 2.01. The van der Waals surface area contributed by atoms with Crippen LogP contribution >= 0.6 is 11.6 Å². The van der Waals surface area contributed by atoms with Crippen molar-refractivity contribution in [2.24, 2.45) is 0 Å². The fraction of sp³-hybridized carbons (Fsp3) is 0.500. The average molecular weight is 426 g/mol. The molecule has 0 N–H and O–H groups in total. The third kappa shape index (κ3) is 3.77. The van der Waals surface area contributed by atoms with Gasteiger partial charge in [0.15, 0.2) is 11.5 Å². The molecule has 3 aromatic rings. The topological polar surface area (TPSA) is 53.3 Å². The first kappa shape index (κ1) is 19.7. The summed E-state index contributed by atoms with van der Waals surface area (Å²) in [6.07, 6.45) is 2.38. The van der Waals surface area contributed by atoms with E-state index >= 15 is 0 Å². The molecule has 158 valence electrons. The van der Waals surface area contributed by atoms with Gasteiger partial charge in [-0.05, 0) is 19.9 Å². The van der Waals surface area contributed by atoms with E-state index in [9.17, 15) is 0 Å². The number of benzene rings is 1. The van der Waals surface area contributed by atoms with Crippen LogP contribution < -0.4 is 4.90 Å². The van der Waals surface area contributed by atoms with Gasteiger partial charge in [-0.25, -0.2) is 4.68 Å². The first-order valence-corrected chi connectivity index (χ1v) is 11.2. The number of hydrogen-bond donors (Lipinski definition) is 0. The number of anilines is 1. The van der Waals surface area contributed by atoms with E-state index in [1.165, 1.54) is 12.8 Å². The fourth-order valence-corrected chi connectivity index (χ4v) is 4.71. The molecule has 2 fully saturated rings. The number of halogens is 1. The Morgan fingerprint density at radius 1 is 0.900 bits per heavy atom. The third-order valence-corrected chi connectivity index (χ3v) is 6.62. The quantitative estimate of drug-likeness (QED) is 0.626. The Labute approximate surface area is 182 Å². The van der Waals surface area contributed by atoms with Crippen molar-refractivity contribution in [3.63, 3.8) is 0 Å². The molecule has 2 saturated heterocycles. The first-order chi connectivity index (χ1) is 14.7. The molecule has 1 aromatic carbocycles. The average Bonchev–Trinajstić information content (AvgIpc) is 3.43. The highest BCUT2D eigenvalue weighted by molar-refractivity contribution is 6.38. The Morgan fingerprint density at radius 3 is 2.37 bits per heavy atom. The van der Waals surface area contributed by atoms with Crippen molar-refractivity contribution in [1.29, 1.82) is 0 Å². The minimum absolute atomic E-state index is 0.652. The van der Waals surface area contributed by atoms with Gasteiger partial charge in [0.1, 0.15) is 5.69 Å². The largest absolute Gasteiger partial charge is 0.355 e. The van der Waals surface area contributed by atoms with Crippen molar-refractivity contribution in [3.8, 4) is 11.3 Å². The minimum atomic E-state index is 0.652. The summed E-state index contributed by atoms with van der Waals surface area (Å²) in [7, 11) is 2.18. The summed E-state index contributed by atoms with van der Waals surface area (Å²) in [5.74, 6) is 0.956. The lowest BCUT2D eigenvalue weighted by atomic mass is 10.1. The zero-order chi connectivity index (χ0) is 20.5. The van der Waals surface area contributed by atoms with Crippen LogP contribution in [0, 0.1) is 0 Å². The maximum atomic E-state index is 6.94. The molecule has 0 unspecified atom stereocenters. The summed E-state index contributed by atoms with van der Waals surface area (Å²) in [5.41, 5.74) is 2.49. The molecule has 2 aromatic heterocycles. The molecular formula is C22H28ClN7. The second kappa shape index (κ2) is 8.49. The van der Waals surface area contributed by atoms with Crippen molar-refractivity contribution < 1.29 is 0 Å². The molecule has 4 heterocycles. The number of likely N-dealkylation sites (N-methyl/N-ethyl adjacent to an activating group) is 1. The van der Waals surface area contributed by atoms with E-state index in [0.29, 0.717) is 5.02 Å². The number of nitrogens with zero attached hydrogens (tertiary/aromatic N) is 7. The van der Waals surface area contributed by atoms with Crippen LogP contribution in [-0.4, -0.2) is 82.6 Å². The van der Waals surface area contributed by atoms with Gasteiger partial charge in [0.05, 0.1) is 17.0 Å². The van der Waals surface area contributed by atoms with Gasteiger partial charge in [0.25, 0.3) is 0 Å². The Hall–Kier alpha value is -2.22.